The summed E-state index contributed by atoms with van der Waals surface area (Å²) in [5, 5.41) is 2.78. The second kappa shape index (κ2) is 8.83. The molecule has 0 aliphatic carbocycles. The van der Waals surface area contributed by atoms with Gasteiger partial charge in [-0.3, -0.25) is 9.59 Å². The standard InChI is InChI=1S/C21H24N2O2/c1-4-23(5-2)21(25)19(15-17-9-7-6-8-10-17)22-20(24)18-13-11-16(3)12-14-18/h6-15H,4-5H2,1-3H3,(H,22,24)/b19-15+. The van der Waals surface area contributed by atoms with Crippen molar-refractivity contribution >= 4 is 17.9 Å². The number of carbonyl (C=O) groups is 2. The van der Waals surface area contributed by atoms with E-state index in [4.69, 9.17) is 0 Å². The molecule has 0 fully saturated rings. The fourth-order valence-electron chi connectivity index (χ4n) is 2.45. The molecule has 130 valence electrons. The van der Waals surface area contributed by atoms with Crippen molar-refractivity contribution < 1.29 is 9.59 Å². The van der Waals surface area contributed by atoms with Crippen LogP contribution in [0, 0.1) is 6.92 Å². The molecular weight excluding hydrogens is 312 g/mol. The molecule has 0 bridgehead atoms. The van der Waals surface area contributed by atoms with Crippen molar-refractivity contribution in [2.24, 2.45) is 0 Å². The Morgan fingerprint density at radius 1 is 0.960 bits per heavy atom. The van der Waals surface area contributed by atoms with Gasteiger partial charge in [-0.15, -0.1) is 0 Å². The van der Waals surface area contributed by atoms with E-state index in [-0.39, 0.29) is 17.5 Å². The lowest BCUT2D eigenvalue weighted by molar-refractivity contribution is -0.127. The Bertz CT molecular complexity index is 745. The first-order valence-corrected chi connectivity index (χ1v) is 8.49. The molecule has 0 saturated heterocycles. The molecule has 2 amide bonds. The predicted octanol–water partition coefficient (Wildman–Crippen LogP) is 3.63. The number of aryl methyl sites for hydroxylation is 1. The van der Waals surface area contributed by atoms with Crippen LogP contribution in [0.25, 0.3) is 6.08 Å². The van der Waals surface area contributed by atoms with E-state index >= 15 is 0 Å². The van der Waals surface area contributed by atoms with Gasteiger partial charge in [0, 0.05) is 18.7 Å². The fourth-order valence-corrected chi connectivity index (χ4v) is 2.45. The average molecular weight is 336 g/mol. The van der Waals surface area contributed by atoms with Crippen molar-refractivity contribution in [3.05, 3.63) is 77.0 Å². The van der Waals surface area contributed by atoms with Crippen LogP contribution in [0.15, 0.2) is 60.3 Å². The van der Waals surface area contributed by atoms with Gasteiger partial charge in [0.2, 0.25) is 0 Å². The number of rotatable bonds is 6. The Hall–Kier alpha value is -2.88. The second-order valence-electron chi connectivity index (χ2n) is 5.77. The molecule has 0 saturated carbocycles. The van der Waals surface area contributed by atoms with Crippen molar-refractivity contribution in [2.75, 3.05) is 13.1 Å². The maximum Gasteiger partial charge on any atom is 0.270 e. The van der Waals surface area contributed by atoms with Crippen molar-refractivity contribution in [1.29, 1.82) is 0 Å². The third kappa shape index (κ3) is 5.05. The molecule has 0 aliphatic heterocycles. The minimum absolute atomic E-state index is 0.186. The zero-order valence-electron chi connectivity index (χ0n) is 15.0. The molecule has 0 aliphatic rings. The summed E-state index contributed by atoms with van der Waals surface area (Å²) < 4.78 is 0. The lowest BCUT2D eigenvalue weighted by Gasteiger charge is -2.21. The van der Waals surface area contributed by atoms with E-state index < -0.39 is 0 Å². The summed E-state index contributed by atoms with van der Waals surface area (Å²) in [7, 11) is 0. The summed E-state index contributed by atoms with van der Waals surface area (Å²) in [5.74, 6) is -0.475. The first-order chi connectivity index (χ1) is 12.0. The molecule has 0 atom stereocenters. The normalized spacial score (nSPS) is 11.1. The summed E-state index contributed by atoms with van der Waals surface area (Å²) >= 11 is 0. The van der Waals surface area contributed by atoms with Crippen molar-refractivity contribution in [3.8, 4) is 0 Å². The van der Waals surface area contributed by atoms with Gasteiger partial charge in [-0.05, 0) is 44.5 Å². The van der Waals surface area contributed by atoms with E-state index in [2.05, 4.69) is 5.32 Å². The van der Waals surface area contributed by atoms with E-state index in [0.717, 1.165) is 11.1 Å². The van der Waals surface area contributed by atoms with Crippen molar-refractivity contribution in [2.45, 2.75) is 20.8 Å². The number of benzene rings is 2. The van der Waals surface area contributed by atoms with Gasteiger partial charge in [0.15, 0.2) is 0 Å². The number of likely N-dealkylation sites (N-methyl/N-ethyl adjacent to an activating group) is 1. The predicted molar refractivity (Wildman–Crippen MR) is 101 cm³/mol. The molecular formula is C21H24N2O2. The summed E-state index contributed by atoms with van der Waals surface area (Å²) in [6, 6.07) is 16.8. The molecule has 0 unspecified atom stereocenters. The molecule has 2 aromatic carbocycles. The number of amides is 2. The minimum atomic E-state index is -0.289. The summed E-state index contributed by atoms with van der Waals surface area (Å²) in [6.07, 6.45) is 1.72. The summed E-state index contributed by atoms with van der Waals surface area (Å²) in [6.45, 7) is 6.97. The molecule has 4 heteroatoms. The topological polar surface area (TPSA) is 49.4 Å². The van der Waals surface area contributed by atoms with Crippen LogP contribution in [0.3, 0.4) is 0 Å². The monoisotopic (exact) mass is 336 g/mol. The van der Waals surface area contributed by atoms with Crippen LogP contribution in [0.4, 0.5) is 0 Å². The highest BCUT2D eigenvalue weighted by molar-refractivity contribution is 6.05. The maximum atomic E-state index is 12.8. The lowest BCUT2D eigenvalue weighted by atomic mass is 10.1. The van der Waals surface area contributed by atoms with Gasteiger partial charge in [-0.1, -0.05) is 48.0 Å². The molecule has 0 spiro atoms. The van der Waals surface area contributed by atoms with E-state index in [1.165, 1.54) is 0 Å². The molecule has 2 aromatic rings. The molecule has 25 heavy (non-hydrogen) atoms. The van der Waals surface area contributed by atoms with E-state index in [9.17, 15) is 9.59 Å². The Morgan fingerprint density at radius 3 is 2.12 bits per heavy atom. The highest BCUT2D eigenvalue weighted by Crippen LogP contribution is 2.10. The highest BCUT2D eigenvalue weighted by atomic mass is 16.2. The zero-order chi connectivity index (χ0) is 18.2. The average Bonchev–Trinajstić information content (AvgIpc) is 2.63. The second-order valence-corrected chi connectivity index (χ2v) is 5.77. The van der Waals surface area contributed by atoms with Gasteiger partial charge in [-0.25, -0.2) is 0 Å². The quantitative estimate of drug-likeness (QED) is 0.819. The molecule has 0 aromatic heterocycles. The molecule has 0 radical (unpaired) electrons. The van der Waals surface area contributed by atoms with Gasteiger partial charge >= 0.3 is 0 Å². The Balaban J connectivity index is 2.31. The van der Waals surface area contributed by atoms with Crippen LogP contribution < -0.4 is 5.32 Å². The van der Waals surface area contributed by atoms with Crippen molar-refractivity contribution in [3.63, 3.8) is 0 Å². The molecule has 0 heterocycles. The molecule has 4 nitrogen and oxygen atoms in total. The first kappa shape index (κ1) is 18.5. The number of nitrogens with zero attached hydrogens (tertiary/aromatic N) is 1. The van der Waals surface area contributed by atoms with E-state index in [0.29, 0.717) is 18.7 Å². The summed E-state index contributed by atoms with van der Waals surface area (Å²) in [5.41, 5.74) is 2.75. The Labute approximate surface area is 149 Å². The number of carbonyl (C=O) groups excluding carboxylic acids is 2. The minimum Gasteiger partial charge on any atom is -0.338 e. The van der Waals surface area contributed by atoms with E-state index in [1.807, 2.05) is 63.2 Å². The maximum absolute atomic E-state index is 12.8. The van der Waals surface area contributed by atoms with Crippen LogP contribution in [0.5, 0.6) is 0 Å². The highest BCUT2D eigenvalue weighted by Gasteiger charge is 2.18. The SMILES string of the molecule is CCN(CC)C(=O)/C(=C\c1ccccc1)NC(=O)c1ccc(C)cc1. The van der Waals surface area contributed by atoms with E-state index in [1.54, 1.807) is 23.1 Å². The number of hydrogen-bond donors (Lipinski definition) is 1. The van der Waals surface area contributed by atoms with Crippen LogP contribution in [0.1, 0.15) is 35.3 Å². The summed E-state index contributed by atoms with van der Waals surface area (Å²) in [4.78, 5) is 27.0. The third-order valence-electron chi connectivity index (χ3n) is 3.95. The van der Waals surface area contributed by atoms with Gasteiger partial charge in [0.1, 0.15) is 5.70 Å². The Kier molecular flexibility index (Phi) is 6.52. The smallest absolute Gasteiger partial charge is 0.270 e. The number of hydrogen-bond acceptors (Lipinski definition) is 2. The van der Waals surface area contributed by atoms with Crippen LogP contribution >= 0.6 is 0 Å². The van der Waals surface area contributed by atoms with Crippen molar-refractivity contribution in [1.82, 2.24) is 10.2 Å². The van der Waals surface area contributed by atoms with Crippen LogP contribution in [-0.2, 0) is 4.79 Å². The molecule has 1 N–H and O–H groups in total. The zero-order valence-corrected chi connectivity index (χ0v) is 15.0. The lowest BCUT2D eigenvalue weighted by Crippen LogP contribution is -2.38. The first-order valence-electron chi connectivity index (χ1n) is 8.49. The number of nitrogens with one attached hydrogen (secondary N) is 1. The Morgan fingerprint density at radius 2 is 1.56 bits per heavy atom. The van der Waals surface area contributed by atoms with Crippen LogP contribution in [-0.4, -0.2) is 29.8 Å². The largest absolute Gasteiger partial charge is 0.338 e. The fraction of sp³-hybridized carbons (Fsp3) is 0.238. The van der Waals surface area contributed by atoms with Gasteiger partial charge < -0.3 is 10.2 Å². The molecule has 2 rings (SSSR count). The van der Waals surface area contributed by atoms with Gasteiger partial charge in [-0.2, -0.15) is 0 Å². The van der Waals surface area contributed by atoms with Crippen LogP contribution in [0.2, 0.25) is 0 Å². The van der Waals surface area contributed by atoms with Gasteiger partial charge in [0.05, 0.1) is 0 Å². The third-order valence-corrected chi connectivity index (χ3v) is 3.95. The van der Waals surface area contributed by atoms with Gasteiger partial charge in [0.25, 0.3) is 11.8 Å².